The Morgan fingerprint density at radius 2 is 2.60 bits per heavy atom. The number of aromatic nitrogens is 3. The Morgan fingerprint density at radius 3 is 3.27 bits per heavy atom. The molecule has 2 heterocycles. The molecule has 2 N–H and O–H groups in total. The van der Waals surface area contributed by atoms with Crippen molar-refractivity contribution in [2.75, 3.05) is 19.7 Å². The molecule has 1 aliphatic rings. The molecule has 1 fully saturated rings. The Morgan fingerprint density at radius 1 is 1.73 bits per heavy atom. The lowest BCUT2D eigenvalue weighted by Gasteiger charge is -2.23. The van der Waals surface area contributed by atoms with Crippen molar-refractivity contribution < 1.29 is 5.11 Å². The lowest BCUT2D eigenvalue weighted by molar-refractivity contribution is 0.233. The van der Waals surface area contributed by atoms with Gasteiger partial charge in [-0.2, -0.15) is 0 Å². The van der Waals surface area contributed by atoms with Gasteiger partial charge in [0.1, 0.15) is 12.2 Å². The van der Waals surface area contributed by atoms with E-state index in [0.29, 0.717) is 5.92 Å². The van der Waals surface area contributed by atoms with E-state index in [9.17, 15) is 0 Å². The first-order valence-corrected chi connectivity index (χ1v) is 5.54. The van der Waals surface area contributed by atoms with Crippen molar-refractivity contribution in [3.05, 3.63) is 12.2 Å². The summed E-state index contributed by atoms with van der Waals surface area (Å²) >= 11 is 0. The standard InChI is InChI=1S/C10H18N4O/c1-8(6-15)14-7-12-13-10(14)9-3-2-4-11-5-9/h7-9,11,15H,2-6H2,1H3. The minimum absolute atomic E-state index is 0.0666. The van der Waals surface area contributed by atoms with Crippen LogP contribution < -0.4 is 5.32 Å². The zero-order valence-corrected chi connectivity index (χ0v) is 9.06. The molecule has 1 aliphatic heterocycles. The molecule has 1 saturated heterocycles. The van der Waals surface area contributed by atoms with Gasteiger partial charge < -0.3 is 15.0 Å². The van der Waals surface area contributed by atoms with Crippen LogP contribution in [0, 0.1) is 0 Å². The lowest BCUT2D eigenvalue weighted by atomic mass is 9.98. The summed E-state index contributed by atoms with van der Waals surface area (Å²) in [5, 5.41) is 20.6. The number of aliphatic hydroxyl groups is 1. The van der Waals surface area contributed by atoms with Crippen molar-refractivity contribution in [1.29, 1.82) is 0 Å². The summed E-state index contributed by atoms with van der Waals surface area (Å²) in [5.74, 6) is 1.44. The van der Waals surface area contributed by atoms with E-state index in [4.69, 9.17) is 5.11 Å². The fourth-order valence-corrected chi connectivity index (χ4v) is 2.04. The largest absolute Gasteiger partial charge is 0.394 e. The van der Waals surface area contributed by atoms with Crippen LogP contribution in [0.4, 0.5) is 0 Å². The second-order valence-corrected chi connectivity index (χ2v) is 4.17. The van der Waals surface area contributed by atoms with E-state index in [1.807, 2.05) is 11.5 Å². The molecule has 5 heteroatoms. The molecule has 0 spiro atoms. The zero-order chi connectivity index (χ0) is 10.7. The summed E-state index contributed by atoms with van der Waals surface area (Å²) in [5.41, 5.74) is 0. The molecule has 0 amide bonds. The summed E-state index contributed by atoms with van der Waals surface area (Å²) in [6, 6.07) is 0.0666. The molecule has 0 saturated carbocycles. The van der Waals surface area contributed by atoms with Crippen LogP contribution in [-0.4, -0.2) is 39.6 Å². The third-order valence-electron chi connectivity index (χ3n) is 3.00. The molecule has 1 aromatic rings. The molecular weight excluding hydrogens is 192 g/mol. The third-order valence-corrected chi connectivity index (χ3v) is 3.00. The van der Waals surface area contributed by atoms with E-state index in [1.54, 1.807) is 6.33 Å². The van der Waals surface area contributed by atoms with Crippen molar-refractivity contribution in [2.45, 2.75) is 31.7 Å². The molecular formula is C10H18N4O. The van der Waals surface area contributed by atoms with Crippen LogP contribution in [0.5, 0.6) is 0 Å². The van der Waals surface area contributed by atoms with Crippen molar-refractivity contribution in [1.82, 2.24) is 20.1 Å². The molecule has 0 aromatic carbocycles. The van der Waals surface area contributed by atoms with E-state index in [1.165, 1.54) is 6.42 Å². The maximum atomic E-state index is 9.14. The van der Waals surface area contributed by atoms with Crippen molar-refractivity contribution in [3.8, 4) is 0 Å². The van der Waals surface area contributed by atoms with E-state index < -0.39 is 0 Å². The van der Waals surface area contributed by atoms with Crippen molar-refractivity contribution in [2.24, 2.45) is 0 Å². The van der Waals surface area contributed by atoms with Gasteiger partial charge in [-0.25, -0.2) is 0 Å². The minimum atomic E-state index is 0.0666. The van der Waals surface area contributed by atoms with Crippen LogP contribution in [0.2, 0.25) is 0 Å². The van der Waals surface area contributed by atoms with Gasteiger partial charge in [-0.05, 0) is 26.3 Å². The number of nitrogens with zero attached hydrogens (tertiary/aromatic N) is 3. The van der Waals surface area contributed by atoms with Gasteiger partial charge in [0, 0.05) is 12.5 Å². The van der Waals surface area contributed by atoms with Gasteiger partial charge in [0.05, 0.1) is 12.6 Å². The molecule has 2 rings (SSSR count). The molecule has 2 atom stereocenters. The summed E-state index contributed by atoms with van der Waals surface area (Å²) in [7, 11) is 0. The third kappa shape index (κ3) is 2.18. The van der Waals surface area contributed by atoms with E-state index in [2.05, 4.69) is 15.5 Å². The highest BCUT2D eigenvalue weighted by atomic mass is 16.3. The second kappa shape index (κ2) is 4.72. The lowest BCUT2D eigenvalue weighted by Crippen LogP contribution is -2.30. The predicted octanol–water partition coefficient (Wildman–Crippen LogP) is 0.298. The first kappa shape index (κ1) is 10.6. The van der Waals surface area contributed by atoms with Gasteiger partial charge >= 0.3 is 0 Å². The number of hydrogen-bond acceptors (Lipinski definition) is 4. The first-order chi connectivity index (χ1) is 7.33. The fraction of sp³-hybridized carbons (Fsp3) is 0.800. The van der Waals surface area contributed by atoms with Crippen LogP contribution in [0.15, 0.2) is 6.33 Å². The first-order valence-electron chi connectivity index (χ1n) is 5.54. The van der Waals surface area contributed by atoms with Crippen LogP contribution >= 0.6 is 0 Å². The molecule has 2 unspecified atom stereocenters. The normalized spacial score (nSPS) is 24.0. The smallest absolute Gasteiger partial charge is 0.137 e. The van der Waals surface area contributed by atoms with Gasteiger partial charge in [-0.1, -0.05) is 0 Å². The average Bonchev–Trinajstić information content (AvgIpc) is 2.78. The SMILES string of the molecule is CC(CO)n1cnnc1C1CCCNC1. The van der Waals surface area contributed by atoms with Crippen molar-refractivity contribution in [3.63, 3.8) is 0 Å². The van der Waals surface area contributed by atoms with E-state index in [-0.39, 0.29) is 12.6 Å². The predicted molar refractivity (Wildman–Crippen MR) is 56.7 cm³/mol. The second-order valence-electron chi connectivity index (χ2n) is 4.17. The highest BCUT2D eigenvalue weighted by Gasteiger charge is 2.21. The summed E-state index contributed by atoms with van der Waals surface area (Å²) in [4.78, 5) is 0. The van der Waals surface area contributed by atoms with Crippen LogP contribution in [-0.2, 0) is 0 Å². The average molecular weight is 210 g/mol. The zero-order valence-electron chi connectivity index (χ0n) is 9.06. The van der Waals surface area contributed by atoms with E-state index in [0.717, 1.165) is 25.3 Å². The molecule has 1 aromatic heterocycles. The number of nitrogens with one attached hydrogen (secondary N) is 1. The van der Waals surface area contributed by atoms with E-state index >= 15 is 0 Å². The Labute approximate surface area is 89.5 Å². The Bertz CT molecular complexity index is 306. The van der Waals surface area contributed by atoms with Gasteiger partial charge in [0.2, 0.25) is 0 Å². The number of hydrogen-bond donors (Lipinski definition) is 2. The van der Waals surface area contributed by atoms with Gasteiger partial charge in [0.25, 0.3) is 0 Å². The van der Waals surface area contributed by atoms with Gasteiger partial charge in [0.15, 0.2) is 0 Å². The maximum absolute atomic E-state index is 9.14. The molecule has 84 valence electrons. The van der Waals surface area contributed by atoms with Crippen LogP contribution in [0.3, 0.4) is 0 Å². The molecule has 0 radical (unpaired) electrons. The maximum Gasteiger partial charge on any atom is 0.137 e. The number of aliphatic hydroxyl groups excluding tert-OH is 1. The Balaban J connectivity index is 2.15. The monoisotopic (exact) mass is 210 g/mol. The minimum Gasteiger partial charge on any atom is -0.394 e. The molecule has 15 heavy (non-hydrogen) atoms. The molecule has 0 aliphatic carbocycles. The highest BCUT2D eigenvalue weighted by molar-refractivity contribution is 5.00. The van der Waals surface area contributed by atoms with Crippen LogP contribution in [0.1, 0.15) is 37.5 Å². The van der Waals surface area contributed by atoms with Crippen molar-refractivity contribution >= 4 is 0 Å². The molecule has 5 nitrogen and oxygen atoms in total. The summed E-state index contributed by atoms with van der Waals surface area (Å²) in [6.45, 7) is 4.17. The highest BCUT2D eigenvalue weighted by Crippen LogP contribution is 2.23. The topological polar surface area (TPSA) is 63.0 Å². The Kier molecular flexibility index (Phi) is 3.33. The molecule has 0 bridgehead atoms. The summed E-state index contributed by atoms with van der Waals surface area (Å²) < 4.78 is 1.98. The van der Waals surface area contributed by atoms with Gasteiger partial charge in [-0.3, -0.25) is 0 Å². The Hall–Kier alpha value is -0.940. The quantitative estimate of drug-likeness (QED) is 0.753. The summed E-state index contributed by atoms with van der Waals surface area (Å²) in [6.07, 6.45) is 4.06. The fourth-order valence-electron chi connectivity index (χ4n) is 2.04. The number of rotatable bonds is 3. The van der Waals surface area contributed by atoms with Gasteiger partial charge in [-0.15, -0.1) is 10.2 Å². The number of piperidine rings is 1. The van der Waals surface area contributed by atoms with Crippen LogP contribution in [0.25, 0.3) is 0 Å².